The molecule has 1 amide bonds. The predicted octanol–water partition coefficient (Wildman–Crippen LogP) is 3.59. The summed E-state index contributed by atoms with van der Waals surface area (Å²) in [7, 11) is 0. The van der Waals surface area contributed by atoms with Crippen molar-refractivity contribution in [3.8, 4) is 0 Å². The lowest BCUT2D eigenvalue weighted by Gasteiger charge is -2.14. The van der Waals surface area contributed by atoms with Gasteiger partial charge < -0.3 is 10.0 Å². The van der Waals surface area contributed by atoms with E-state index in [2.05, 4.69) is 10.2 Å². The Morgan fingerprint density at radius 1 is 1.29 bits per heavy atom. The third kappa shape index (κ3) is 8.75. The molecule has 0 bridgehead atoms. The Hall–Kier alpha value is -2.07. The second-order valence-electron chi connectivity index (χ2n) is 6.43. The van der Waals surface area contributed by atoms with E-state index < -0.39 is 11.1 Å². The molecule has 0 unspecified atom stereocenters. The number of alkyl halides is 3. The minimum absolute atomic E-state index is 0.0726. The van der Waals surface area contributed by atoms with E-state index in [1.165, 1.54) is 17.1 Å². The Kier molecular flexibility index (Phi) is 8.96. The number of rotatable bonds is 7. The number of carbonyl (C=O) groups excluding carboxylic acids is 1. The minimum atomic E-state index is -4.19. The highest BCUT2D eigenvalue weighted by molar-refractivity contribution is 8.00. The highest BCUT2D eigenvalue weighted by Crippen LogP contribution is 2.38. The summed E-state index contributed by atoms with van der Waals surface area (Å²) >= 11 is -0.0726. The summed E-state index contributed by atoms with van der Waals surface area (Å²) in [5.74, 6) is 0. The average molecular weight is 418 g/mol. The van der Waals surface area contributed by atoms with E-state index in [0.29, 0.717) is 30.9 Å². The number of likely N-dealkylation sites (N-methyl/N-ethyl adjacent to an activating group) is 1. The fourth-order valence-electron chi connectivity index (χ4n) is 1.98. The minimum Gasteiger partial charge on any atom is -0.384 e. The molecule has 0 aliphatic heterocycles. The van der Waals surface area contributed by atoms with Crippen LogP contribution in [0, 0.1) is 6.92 Å². The molecular formula is C18H25F3N4O2S. The van der Waals surface area contributed by atoms with Gasteiger partial charge in [0.05, 0.1) is 12.7 Å². The zero-order chi connectivity index (χ0) is 21.4. The highest BCUT2D eigenvalue weighted by Gasteiger charge is 2.29. The monoisotopic (exact) mass is 418 g/mol. The normalized spacial score (nSPS) is 11.6. The molecule has 6 nitrogen and oxygen atoms in total. The second kappa shape index (κ2) is 10.5. The third-order valence-electron chi connectivity index (χ3n) is 3.63. The summed E-state index contributed by atoms with van der Waals surface area (Å²) in [6.07, 6.45) is 2.34. The van der Waals surface area contributed by atoms with E-state index in [1.54, 1.807) is 43.9 Å². The summed E-state index contributed by atoms with van der Waals surface area (Å²) in [4.78, 5) is 13.9. The first-order chi connectivity index (χ1) is 13.0. The van der Waals surface area contributed by atoms with Gasteiger partial charge in [0, 0.05) is 18.0 Å². The number of benzene rings is 1. The van der Waals surface area contributed by atoms with Crippen molar-refractivity contribution >= 4 is 18.2 Å². The topological polar surface area (TPSA) is 71.2 Å². The molecule has 2 aromatic rings. The molecule has 0 atom stereocenters. The molecule has 1 aromatic carbocycles. The smallest absolute Gasteiger partial charge is 0.384 e. The molecule has 1 aromatic heterocycles. The zero-order valence-corrected chi connectivity index (χ0v) is 17.1. The van der Waals surface area contributed by atoms with Gasteiger partial charge in [-0.15, -0.1) is 0 Å². The first kappa shape index (κ1) is 24.0. The lowest BCUT2D eigenvalue weighted by atomic mass is 10.1. The Labute approximate surface area is 166 Å². The van der Waals surface area contributed by atoms with Crippen molar-refractivity contribution < 1.29 is 23.1 Å². The number of hydrogen-bond acceptors (Lipinski definition) is 5. The Morgan fingerprint density at radius 2 is 1.93 bits per heavy atom. The Balaban J connectivity index is 0.000000292. The van der Waals surface area contributed by atoms with Crippen molar-refractivity contribution in [2.24, 2.45) is 0 Å². The lowest BCUT2D eigenvalue weighted by Crippen LogP contribution is -2.26. The maximum atomic E-state index is 11.9. The standard InChI is InChI=1S/C10H18N4O2.C8H7F3S/c1-4-13(8-15)5-6-14-11-7-9(12-14)10(2,3)16;1-6-4-2-3-5-7(6)12-8(9,10)11/h7-8,16H,4-6H2,1-3H3;2-5H,1H3. The number of nitrogens with zero attached hydrogens (tertiary/aromatic N) is 4. The van der Waals surface area contributed by atoms with Crippen LogP contribution >= 0.6 is 11.8 Å². The van der Waals surface area contributed by atoms with E-state index in [0.717, 1.165) is 6.41 Å². The molecular weight excluding hydrogens is 393 g/mol. The molecule has 0 saturated carbocycles. The van der Waals surface area contributed by atoms with Crippen molar-refractivity contribution in [1.29, 1.82) is 0 Å². The summed E-state index contributed by atoms with van der Waals surface area (Å²) < 4.78 is 35.7. The maximum Gasteiger partial charge on any atom is 0.446 e. The first-order valence-corrected chi connectivity index (χ1v) is 9.41. The SMILES string of the molecule is CCN(C=O)CCn1ncc(C(C)(C)O)n1.Cc1ccccc1SC(F)(F)F. The Bertz CT molecular complexity index is 745. The van der Waals surface area contributed by atoms with Crippen LogP contribution in [0.3, 0.4) is 0 Å². The number of carbonyl (C=O) groups is 1. The molecule has 0 spiro atoms. The summed E-state index contributed by atoms with van der Waals surface area (Å²) in [5.41, 5.74) is -3.99. The van der Waals surface area contributed by atoms with E-state index in [4.69, 9.17) is 0 Å². The molecule has 1 heterocycles. The van der Waals surface area contributed by atoms with Gasteiger partial charge in [0.1, 0.15) is 11.3 Å². The van der Waals surface area contributed by atoms with Gasteiger partial charge in [-0.3, -0.25) is 4.79 Å². The van der Waals surface area contributed by atoms with Gasteiger partial charge in [0.25, 0.3) is 0 Å². The number of amides is 1. The zero-order valence-electron chi connectivity index (χ0n) is 16.3. The van der Waals surface area contributed by atoms with Gasteiger partial charge in [-0.1, -0.05) is 18.2 Å². The van der Waals surface area contributed by atoms with Crippen LogP contribution in [0.5, 0.6) is 0 Å². The molecule has 1 N–H and O–H groups in total. The molecule has 2 rings (SSSR count). The number of aromatic nitrogens is 3. The third-order valence-corrected chi connectivity index (χ3v) is 4.53. The quantitative estimate of drug-likeness (QED) is 0.550. The largest absolute Gasteiger partial charge is 0.446 e. The Morgan fingerprint density at radius 3 is 2.39 bits per heavy atom. The lowest BCUT2D eigenvalue weighted by molar-refractivity contribution is -0.118. The van der Waals surface area contributed by atoms with Crippen LogP contribution < -0.4 is 0 Å². The maximum absolute atomic E-state index is 11.9. The highest BCUT2D eigenvalue weighted by atomic mass is 32.2. The second-order valence-corrected chi connectivity index (χ2v) is 7.54. The number of aryl methyl sites for hydroxylation is 1. The summed E-state index contributed by atoms with van der Waals surface area (Å²) in [6.45, 7) is 8.66. The first-order valence-electron chi connectivity index (χ1n) is 8.60. The fourth-order valence-corrected chi connectivity index (χ4v) is 2.61. The molecule has 0 saturated heterocycles. The fraction of sp³-hybridized carbons (Fsp3) is 0.500. The van der Waals surface area contributed by atoms with Gasteiger partial charge in [-0.2, -0.15) is 28.2 Å². The number of hydrogen-bond donors (Lipinski definition) is 1. The van der Waals surface area contributed by atoms with E-state index >= 15 is 0 Å². The van der Waals surface area contributed by atoms with Crippen molar-refractivity contribution in [3.63, 3.8) is 0 Å². The van der Waals surface area contributed by atoms with Crippen LogP contribution in [0.2, 0.25) is 0 Å². The van der Waals surface area contributed by atoms with Crippen LogP contribution in [-0.2, 0) is 16.9 Å². The van der Waals surface area contributed by atoms with E-state index in [9.17, 15) is 23.1 Å². The molecule has 0 radical (unpaired) electrons. The van der Waals surface area contributed by atoms with Gasteiger partial charge in [0.15, 0.2) is 0 Å². The van der Waals surface area contributed by atoms with Gasteiger partial charge in [0.2, 0.25) is 6.41 Å². The van der Waals surface area contributed by atoms with Crippen LogP contribution in [0.1, 0.15) is 32.0 Å². The van der Waals surface area contributed by atoms with Crippen LogP contribution in [-0.4, -0.2) is 50.0 Å². The van der Waals surface area contributed by atoms with Crippen LogP contribution in [0.25, 0.3) is 0 Å². The van der Waals surface area contributed by atoms with Crippen LogP contribution in [0.4, 0.5) is 13.2 Å². The molecule has 0 aliphatic rings. The molecule has 156 valence electrons. The van der Waals surface area contributed by atoms with Crippen molar-refractivity contribution in [1.82, 2.24) is 19.9 Å². The molecule has 28 heavy (non-hydrogen) atoms. The van der Waals surface area contributed by atoms with Crippen molar-refractivity contribution in [3.05, 3.63) is 41.7 Å². The number of halogens is 3. The molecule has 0 fully saturated rings. The van der Waals surface area contributed by atoms with Gasteiger partial charge in [-0.05, 0) is 51.1 Å². The van der Waals surface area contributed by atoms with E-state index in [-0.39, 0.29) is 16.7 Å². The van der Waals surface area contributed by atoms with Crippen LogP contribution in [0.15, 0.2) is 35.4 Å². The predicted molar refractivity (Wildman–Crippen MR) is 102 cm³/mol. The molecule has 10 heteroatoms. The number of aliphatic hydroxyl groups is 1. The number of thioether (sulfide) groups is 1. The van der Waals surface area contributed by atoms with Gasteiger partial charge >= 0.3 is 5.51 Å². The van der Waals surface area contributed by atoms with E-state index in [1.807, 2.05) is 6.92 Å². The van der Waals surface area contributed by atoms with Crippen molar-refractivity contribution in [2.45, 2.75) is 50.2 Å². The molecule has 0 aliphatic carbocycles. The summed E-state index contributed by atoms with van der Waals surface area (Å²) in [5, 5.41) is 17.9. The van der Waals surface area contributed by atoms with Crippen molar-refractivity contribution in [2.75, 3.05) is 13.1 Å². The van der Waals surface area contributed by atoms with Gasteiger partial charge in [-0.25, -0.2) is 0 Å². The summed E-state index contributed by atoms with van der Waals surface area (Å²) in [6, 6.07) is 6.44. The average Bonchev–Trinajstić information content (AvgIpc) is 3.07.